The van der Waals surface area contributed by atoms with E-state index in [1.807, 2.05) is 18.2 Å². The Morgan fingerprint density at radius 2 is 1.84 bits per heavy atom. The molecule has 0 aliphatic carbocycles. The Hall–Kier alpha value is -2.33. The van der Waals surface area contributed by atoms with E-state index < -0.39 is 5.92 Å². The van der Waals surface area contributed by atoms with Crippen LogP contribution in [0.15, 0.2) is 54.6 Å². The summed E-state index contributed by atoms with van der Waals surface area (Å²) in [5.74, 6) is -0.898. The maximum absolute atomic E-state index is 12.5. The fourth-order valence-electron chi connectivity index (χ4n) is 3.07. The van der Waals surface area contributed by atoms with E-state index in [2.05, 4.69) is 17.4 Å². The summed E-state index contributed by atoms with van der Waals surface area (Å²) in [5.41, 5.74) is 2.04. The van der Waals surface area contributed by atoms with Gasteiger partial charge in [0, 0.05) is 23.8 Å². The molecule has 25 heavy (non-hydrogen) atoms. The monoisotopic (exact) mass is 356 g/mol. The van der Waals surface area contributed by atoms with Gasteiger partial charge < -0.3 is 10.2 Å². The molecule has 2 aromatic rings. The van der Waals surface area contributed by atoms with Crippen molar-refractivity contribution in [1.82, 2.24) is 5.32 Å². The number of rotatable bonds is 6. The van der Waals surface area contributed by atoms with Crippen molar-refractivity contribution in [2.24, 2.45) is 5.92 Å². The Morgan fingerprint density at radius 3 is 2.56 bits per heavy atom. The Morgan fingerprint density at radius 1 is 1.12 bits per heavy atom. The average Bonchev–Trinajstić information content (AvgIpc) is 3.02. The summed E-state index contributed by atoms with van der Waals surface area (Å²) in [4.78, 5) is 26.5. The van der Waals surface area contributed by atoms with Crippen molar-refractivity contribution in [3.63, 3.8) is 0 Å². The second-order valence-electron chi connectivity index (χ2n) is 6.19. The summed E-state index contributed by atoms with van der Waals surface area (Å²) < 4.78 is 0. The zero-order valence-electron chi connectivity index (χ0n) is 14.0. The van der Waals surface area contributed by atoms with Gasteiger partial charge in [-0.15, -0.1) is 0 Å². The van der Waals surface area contributed by atoms with Crippen molar-refractivity contribution in [3.8, 4) is 0 Å². The first kappa shape index (κ1) is 17.5. The van der Waals surface area contributed by atoms with E-state index in [0.29, 0.717) is 24.5 Å². The van der Waals surface area contributed by atoms with Crippen molar-refractivity contribution >= 4 is 29.1 Å². The molecule has 2 aromatic carbocycles. The molecule has 0 bridgehead atoms. The van der Waals surface area contributed by atoms with Crippen LogP contribution in [-0.2, 0) is 16.0 Å². The number of benzene rings is 2. The zero-order valence-corrected chi connectivity index (χ0v) is 14.7. The van der Waals surface area contributed by atoms with E-state index in [1.54, 1.807) is 29.2 Å². The first-order valence-electron chi connectivity index (χ1n) is 8.54. The minimum atomic E-state index is -0.590. The fraction of sp³-hybridized carbons (Fsp3) is 0.300. The lowest BCUT2D eigenvalue weighted by Crippen LogP contribution is -2.37. The molecular weight excluding hydrogens is 336 g/mol. The van der Waals surface area contributed by atoms with Crippen LogP contribution in [0.3, 0.4) is 0 Å². The molecule has 1 saturated heterocycles. The molecule has 0 radical (unpaired) electrons. The highest BCUT2D eigenvalue weighted by Crippen LogP contribution is 2.26. The summed E-state index contributed by atoms with van der Waals surface area (Å²) in [5, 5.41) is 3.53. The number of hydrogen-bond donors (Lipinski definition) is 1. The number of hydrogen-bond acceptors (Lipinski definition) is 2. The smallest absolute Gasteiger partial charge is 0.239 e. The van der Waals surface area contributed by atoms with Crippen molar-refractivity contribution in [3.05, 3.63) is 65.2 Å². The molecule has 0 saturated carbocycles. The molecule has 0 aromatic heterocycles. The van der Waals surface area contributed by atoms with Gasteiger partial charge in [-0.25, -0.2) is 0 Å². The Balaban J connectivity index is 1.48. The third-order valence-corrected chi connectivity index (χ3v) is 4.70. The maximum atomic E-state index is 12.5. The van der Waals surface area contributed by atoms with Crippen LogP contribution in [0.4, 0.5) is 5.69 Å². The van der Waals surface area contributed by atoms with Crippen molar-refractivity contribution < 1.29 is 9.59 Å². The SMILES string of the molecule is O=C(NCCCc1ccccc1)[C@H]1CCN(c2ccc(Cl)cc2)C1=O. The van der Waals surface area contributed by atoms with Gasteiger partial charge in [-0.2, -0.15) is 0 Å². The summed E-state index contributed by atoms with van der Waals surface area (Å²) in [6.07, 6.45) is 2.32. The predicted octanol–water partition coefficient (Wildman–Crippen LogP) is 3.44. The lowest BCUT2D eigenvalue weighted by Gasteiger charge is -2.16. The van der Waals surface area contributed by atoms with Gasteiger partial charge in [0.1, 0.15) is 5.92 Å². The van der Waals surface area contributed by atoms with Crippen LogP contribution in [0.2, 0.25) is 5.02 Å². The molecule has 4 nitrogen and oxygen atoms in total. The third-order valence-electron chi connectivity index (χ3n) is 4.44. The standard InChI is InChI=1S/C20H21ClN2O2/c21-16-8-10-17(11-9-16)23-14-12-18(20(23)25)19(24)22-13-4-7-15-5-2-1-3-6-15/h1-3,5-6,8-11,18H,4,7,12-14H2,(H,22,24)/t18-/m1/s1. The molecule has 1 aliphatic heterocycles. The molecule has 1 fully saturated rings. The second kappa shape index (κ2) is 8.17. The first-order valence-corrected chi connectivity index (χ1v) is 8.91. The molecule has 1 N–H and O–H groups in total. The number of carbonyl (C=O) groups excluding carboxylic acids is 2. The topological polar surface area (TPSA) is 49.4 Å². The van der Waals surface area contributed by atoms with Gasteiger partial charge in [-0.1, -0.05) is 41.9 Å². The molecule has 5 heteroatoms. The molecule has 1 heterocycles. The number of anilines is 1. The van der Waals surface area contributed by atoms with E-state index >= 15 is 0 Å². The van der Waals surface area contributed by atoms with E-state index in [-0.39, 0.29) is 11.8 Å². The molecule has 2 amide bonds. The summed E-state index contributed by atoms with van der Waals surface area (Å²) in [6, 6.07) is 17.3. The summed E-state index contributed by atoms with van der Waals surface area (Å²) in [7, 11) is 0. The second-order valence-corrected chi connectivity index (χ2v) is 6.62. The van der Waals surface area contributed by atoms with Gasteiger partial charge in [0.25, 0.3) is 0 Å². The quantitative estimate of drug-likeness (QED) is 0.636. The molecule has 1 atom stereocenters. The third kappa shape index (κ3) is 4.40. The van der Waals surface area contributed by atoms with Gasteiger partial charge in [-0.05, 0) is 49.1 Å². The minimum Gasteiger partial charge on any atom is -0.355 e. The van der Waals surface area contributed by atoms with Gasteiger partial charge in [-0.3, -0.25) is 9.59 Å². The van der Waals surface area contributed by atoms with Crippen molar-refractivity contribution in [1.29, 1.82) is 0 Å². The highest BCUT2D eigenvalue weighted by atomic mass is 35.5. The van der Waals surface area contributed by atoms with E-state index in [9.17, 15) is 9.59 Å². The minimum absolute atomic E-state index is 0.136. The van der Waals surface area contributed by atoms with Crippen LogP contribution >= 0.6 is 11.6 Å². The number of carbonyl (C=O) groups is 2. The molecule has 3 rings (SSSR count). The number of nitrogens with one attached hydrogen (secondary N) is 1. The number of amides is 2. The van der Waals surface area contributed by atoms with Gasteiger partial charge in [0.05, 0.1) is 0 Å². The molecule has 0 spiro atoms. The van der Waals surface area contributed by atoms with Gasteiger partial charge >= 0.3 is 0 Å². The Labute approximate surface area is 152 Å². The van der Waals surface area contributed by atoms with E-state index in [0.717, 1.165) is 18.5 Å². The molecule has 130 valence electrons. The molecule has 0 unspecified atom stereocenters. The van der Waals surface area contributed by atoms with Crippen LogP contribution < -0.4 is 10.2 Å². The average molecular weight is 357 g/mol. The first-order chi connectivity index (χ1) is 12.1. The van der Waals surface area contributed by atoms with Crippen LogP contribution in [-0.4, -0.2) is 24.9 Å². The van der Waals surface area contributed by atoms with Crippen LogP contribution in [0.25, 0.3) is 0 Å². The Kier molecular flexibility index (Phi) is 5.71. The molecular formula is C20H21ClN2O2. The largest absolute Gasteiger partial charge is 0.355 e. The highest BCUT2D eigenvalue weighted by Gasteiger charge is 2.37. The lowest BCUT2D eigenvalue weighted by molar-refractivity contribution is -0.132. The van der Waals surface area contributed by atoms with Crippen LogP contribution in [0.5, 0.6) is 0 Å². The van der Waals surface area contributed by atoms with Crippen molar-refractivity contribution in [2.75, 3.05) is 18.0 Å². The van der Waals surface area contributed by atoms with Crippen molar-refractivity contribution in [2.45, 2.75) is 19.3 Å². The summed E-state index contributed by atoms with van der Waals surface area (Å²) in [6.45, 7) is 1.14. The maximum Gasteiger partial charge on any atom is 0.239 e. The van der Waals surface area contributed by atoms with Crippen LogP contribution in [0.1, 0.15) is 18.4 Å². The van der Waals surface area contributed by atoms with Gasteiger partial charge in [0.2, 0.25) is 11.8 Å². The number of nitrogens with zero attached hydrogens (tertiary/aromatic N) is 1. The number of aryl methyl sites for hydroxylation is 1. The van der Waals surface area contributed by atoms with Gasteiger partial charge in [0.15, 0.2) is 0 Å². The summed E-state index contributed by atoms with van der Waals surface area (Å²) >= 11 is 5.88. The zero-order chi connectivity index (χ0) is 17.6. The molecule has 1 aliphatic rings. The normalized spacial score (nSPS) is 16.9. The van der Waals surface area contributed by atoms with Crippen LogP contribution in [0, 0.1) is 5.92 Å². The highest BCUT2D eigenvalue weighted by molar-refractivity contribution is 6.30. The predicted molar refractivity (Wildman–Crippen MR) is 99.7 cm³/mol. The van der Waals surface area contributed by atoms with E-state index in [1.165, 1.54) is 5.56 Å². The lowest BCUT2D eigenvalue weighted by atomic mass is 10.1. The number of halogens is 1. The fourth-order valence-corrected chi connectivity index (χ4v) is 3.20. The Bertz CT molecular complexity index is 731. The van der Waals surface area contributed by atoms with E-state index in [4.69, 9.17) is 11.6 Å².